The van der Waals surface area contributed by atoms with Gasteiger partial charge in [0.25, 0.3) is 0 Å². The van der Waals surface area contributed by atoms with Crippen LogP contribution in [0.2, 0.25) is 0 Å². The van der Waals surface area contributed by atoms with Gasteiger partial charge >= 0.3 is 6.18 Å². The smallest absolute Gasteiger partial charge is 0.421 e. The minimum Gasteiger partial charge on any atom is -0.504 e. The van der Waals surface area contributed by atoms with E-state index in [0.717, 1.165) is 18.2 Å². The van der Waals surface area contributed by atoms with Crippen LogP contribution in [0.15, 0.2) is 18.2 Å². The van der Waals surface area contributed by atoms with Crippen molar-refractivity contribution in [1.82, 2.24) is 0 Å². The van der Waals surface area contributed by atoms with E-state index in [0.29, 0.717) is 6.92 Å². The first-order valence-corrected chi connectivity index (χ1v) is 4.36. The maximum Gasteiger partial charge on any atom is 0.421 e. The number of alkyl halides is 3. The van der Waals surface area contributed by atoms with Crippen LogP contribution >= 0.6 is 0 Å². The Morgan fingerprint density at radius 2 is 1.81 bits per heavy atom. The molecule has 0 aliphatic rings. The Morgan fingerprint density at radius 1 is 1.25 bits per heavy atom. The van der Waals surface area contributed by atoms with Crippen LogP contribution in [0, 0.1) is 0 Å². The fraction of sp³-hybridized carbons (Fsp3) is 0.400. The molecule has 1 unspecified atom stereocenters. The maximum atomic E-state index is 12.5. The molecular formula is C10H11F3O3. The zero-order chi connectivity index (χ0) is 12.6. The molecule has 0 fully saturated rings. The highest BCUT2D eigenvalue weighted by Gasteiger charge is 2.51. The Balaban J connectivity index is 3.24. The lowest BCUT2D eigenvalue weighted by Gasteiger charge is -2.27. The zero-order valence-corrected chi connectivity index (χ0v) is 8.67. The monoisotopic (exact) mass is 236 g/mol. The average molecular weight is 236 g/mol. The van der Waals surface area contributed by atoms with Gasteiger partial charge in [0, 0.05) is 0 Å². The molecule has 3 nitrogen and oxygen atoms in total. The maximum absolute atomic E-state index is 12.5. The Hall–Kier alpha value is -1.43. The first-order valence-electron chi connectivity index (χ1n) is 4.36. The second kappa shape index (κ2) is 3.86. The van der Waals surface area contributed by atoms with E-state index in [1.165, 1.54) is 7.11 Å². The van der Waals surface area contributed by atoms with Crippen molar-refractivity contribution in [1.29, 1.82) is 0 Å². The molecule has 0 amide bonds. The first kappa shape index (κ1) is 12.6. The number of benzene rings is 1. The van der Waals surface area contributed by atoms with Crippen LogP contribution in [0.5, 0.6) is 11.5 Å². The van der Waals surface area contributed by atoms with E-state index < -0.39 is 17.3 Å². The molecule has 6 heteroatoms. The first-order chi connectivity index (χ1) is 7.20. The Morgan fingerprint density at radius 3 is 2.25 bits per heavy atom. The van der Waals surface area contributed by atoms with Gasteiger partial charge in [-0.3, -0.25) is 0 Å². The summed E-state index contributed by atoms with van der Waals surface area (Å²) in [7, 11) is 1.21. The van der Waals surface area contributed by atoms with Gasteiger partial charge in [-0.15, -0.1) is 0 Å². The average Bonchev–Trinajstić information content (AvgIpc) is 2.16. The van der Waals surface area contributed by atoms with E-state index in [1.54, 1.807) is 0 Å². The summed E-state index contributed by atoms with van der Waals surface area (Å²) in [5.41, 5.74) is -3.37. The van der Waals surface area contributed by atoms with Crippen molar-refractivity contribution in [2.24, 2.45) is 0 Å². The number of aromatic hydroxyl groups is 1. The summed E-state index contributed by atoms with van der Waals surface area (Å²) in [6.45, 7) is 0.638. The van der Waals surface area contributed by atoms with Crippen molar-refractivity contribution in [3.8, 4) is 11.5 Å². The molecule has 0 bridgehead atoms. The Kier molecular flexibility index (Phi) is 3.05. The van der Waals surface area contributed by atoms with Gasteiger partial charge in [-0.05, 0) is 24.6 Å². The van der Waals surface area contributed by atoms with Gasteiger partial charge in [-0.25, -0.2) is 0 Å². The largest absolute Gasteiger partial charge is 0.504 e. The standard InChI is InChI=1S/C10H11F3O3/c1-9(15,10(11,12)13)6-3-4-7(14)8(5-6)16-2/h3-5,14-15H,1-2H3. The Labute approximate surface area is 90.1 Å². The molecule has 0 saturated carbocycles. The van der Waals surface area contributed by atoms with E-state index in [-0.39, 0.29) is 11.5 Å². The molecule has 90 valence electrons. The number of hydrogen-bond acceptors (Lipinski definition) is 3. The minimum atomic E-state index is -4.80. The van der Waals surface area contributed by atoms with E-state index in [1.807, 2.05) is 0 Å². The number of methoxy groups -OCH3 is 1. The van der Waals surface area contributed by atoms with Gasteiger partial charge in [-0.1, -0.05) is 6.07 Å². The highest BCUT2D eigenvalue weighted by molar-refractivity contribution is 5.43. The van der Waals surface area contributed by atoms with E-state index in [4.69, 9.17) is 0 Å². The molecule has 0 saturated heterocycles. The number of phenols is 1. The topological polar surface area (TPSA) is 49.7 Å². The molecule has 0 aliphatic heterocycles. The number of phenolic OH excluding ortho intramolecular Hbond substituents is 1. The lowest BCUT2D eigenvalue weighted by Crippen LogP contribution is -2.39. The van der Waals surface area contributed by atoms with Crippen molar-refractivity contribution in [3.05, 3.63) is 23.8 Å². The molecule has 1 aromatic carbocycles. The van der Waals surface area contributed by atoms with Crippen LogP contribution in [-0.4, -0.2) is 23.5 Å². The van der Waals surface area contributed by atoms with Gasteiger partial charge in [0.15, 0.2) is 17.1 Å². The predicted octanol–water partition coefficient (Wildman–Crippen LogP) is 2.17. The highest BCUT2D eigenvalue weighted by Crippen LogP contribution is 2.40. The second-order valence-electron chi connectivity index (χ2n) is 3.46. The van der Waals surface area contributed by atoms with Crippen LogP contribution in [0.3, 0.4) is 0 Å². The summed E-state index contributed by atoms with van der Waals surface area (Å²) >= 11 is 0. The third-order valence-electron chi connectivity index (χ3n) is 2.29. The SMILES string of the molecule is COc1cc(C(C)(O)C(F)(F)F)ccc1O. The molecule has 0 spiro atoms. The van der Waals surface area contributed by atoms with Crippen LogP contribution in [0.25, 0.3) is 0 Å². The van der Waals surface area contributed by atoms with Gasteiger partial charge < -0.3 is 14.9 Å². The number of ether oxygens (including phenoxy) is 1. The summed E-state index contributed by atoms with van der Waals surface area (Å²) in [6.07, 6.45) is -4.80. The van der Waals surface area contributed by atoms with Crippen molar-refractivity contribution < 1.29 is 28.1 Å². The van der Waals surface area contributed by atoms with E-state index in [2.05, 4.69) is 4.74 Å². The molecular weight excluding hydrogens is 225 g/mol. The number of hydrogen-bond donors (Lipinski definition) is 2. The van der Waals surface area contributed by atoms with Crippen molar-refractivity contribution >= 4 is 0 Å². The molecule has 0 heterocycles. The van der Waals surface area contributed by atoms with Crippen LogP contribution in [0.1, 0.15) is 12.5 Å². The summed E-state index contributed by atoms with van der Waals surface area (Å²) in [6, 6.07) is 2.97. The quantitative estimate of drug-likeness (QED) is 0.827. The van der Waals surface area contributed by atoms with Crippen molar-refractivity contribution in [3.63, 3.8) is 0 Å². The lowest BCUT2D eigenvalue weighted by molar-refractivity contribution is -0.258. The number of halogens is 3. The molecule has 1 rings (SSSR count). The third kappa shape index (κ3) is 2.06. The van der Waals surface area contributed by atoms with Crippen molar-refractivity contribution in [2.45, 2.75) is 18.7 Å². The molecule has 1 aromatic rings. The van der Waals surface area contributed by atoms with Crippen LogP contribution in [-0.2, 0) is 5.60 Å². The second-order valence-corrected chi connectivity index (χ2v) is 3.46. The molecule has 1 atom stereocenters. The summed E-state index contributed by atoms with van der Waals surface area (Å²) in [4.78, 5) is 0. The fourth-order valence-corrected chi connectivity index (χ4v) is 1.14. The van der Waals surface area contributed by atoms with E-state index >= 15 is 0 Å². The molecule has 0 aromatic heterocycles. The highest BCUT2D eigenvalue weighted by atomic mass is 19.4. The van der Waals surface area contributed by atoms with Crippen LogP contribution in [0.4, 0.5) is 13.2 Å². The lowest BCUT2D eigenvalue weighted by atomic mass is 9.95. The normalized spacial score (nSPS) is 15.6. The van der Waals surface area contributed by atoms with Crippen LogP contribution < -0.4 is 4.74 Å². The number of aliphatic hydroxyl groups is 1. The van der Waals surface area contributed by atoms with Crippen molar-refractivity contribution in [2.75, 3.05) is 7.11 Å². The molecule has 2 N–H and O–H groups in total. The summed E-state index contributed by atoms with van der Waals surface area (Å²) < 4.78 is 42.2. The molecule has 0 radical (unpaired) electrons. The zero-order valence-electron chi connectivity index (χ0n) is 8.67. The van der Waals surface area contributed by atoms with Gasteiger partial charge in [0.2, 0.25) is 0 Å². The summed E-state index contributed by atoms with van der Waals surface area (Å²) in [5, 5.41) is 18.6. The fourth-order valence-electron chi connectivity index (χ4n) is 1.14. The third-order valence-corrected chi connectivity index (χ3v) is 2.29. The molecule has 16 heavy (non-hydrogen) atoms. The number of rotatable bonds is 2. The van der Waals surface area contributed by atoms with Gasteiger partial charge in [0.1, 0.15) is 0 Å². The van der Waals surface area contributed by atoms with Gasteiger partial charge in [0.05, 0.1) is 7.11 Å². The molecule has 0 aliphatic carbocycles. The summed E-state index contributed by atoms with van der Waals surface area (Å²) in [5.74, 6) is -0.411. The van der Waals surface area contributed by atoms with E-state index in [9.17, 15) is 23.4 Å². The van der Waals surface area contributed by atoms with Gasteiger partial charge in [-0.2, -0.15) is 13.2 Å². The predicted molar refractivity (Wildman–Crippen MR) is 50.3 cm³/mol. The minimum absolute atomic E-state index is 0.123. The Bertz CT molecular complexity index is 385.